The summed E-state index contributed by atoms with van der Waals surface area (Å²) in [7, 11) is 0. The molecule has 3 aliphatic rings. The van der Waals surface area contributed by atoms with Crippen LogP contribution in [0, 0.1) is 0 Å². The maximum absolute atomic E-state index is 12.4. The summed E-state index contributed by atoms with van der Waals surface area (Å²) in [5.41, 5.74) is 0. The molecule has 0 aromatic heterocycles. The molecule has 0 aromatic carbocycles. The first-order valence-corrected chi connectivity index (χ1v) is 7.45. The average molecular weight is 251 g/mol. The molecule has 1 N–H and O–H groups in total. The Morgan fingerprint density at radius 1 is 1.11 bits per heavy atom. The second-order valence-electron chi connectivity index (χ2n) is 6.36. The summed E-state index contributed by atoms with van der Waals surface area (Å²) in [4.78, 5) is 17.1. The SMILES string of the molecule is CC(C)NC1CCN(C2CCN(C3CC3)C2)C1=O. The Bertz CT molecular complexity index is 327. The van der Waals surface area contributed by atoms with Crippen LogP contribution in [0.2, 0.25) is 0 Å². The van der Waals surface area contributed by atoms with Crippen LogP contribution in [-0.4, -0.2) is 59.5 Å². The molecule has 0 bridgehead atoms. The Hall–Kier alpha value is -0.610. The normalized spacial score (nSPS) is 33.9. The zero-order chi connectivity index (χ0) is 12.7. The monoisotopic (exact) mass is 251 g/mol. The summed E-state index contributed by atoms with van der Waals surface area (Å²) >= 11 is 0. The van der Waals surface area contributed by atoms with E-state index in [1.807, 2.05) is 0 Å². The molecule has 4 heteroatoms. The van der Waals surface area contributed by atoms with Crippen LogP contribution in [0.25, 0.3) is 0 Å². The highest BCUT2D eigenvalue weighted by atomic mass is 16.2. The first-order valence-electron chi connectivity index (χ1n) is 7.45. The van der Waals surface area contributed by atoms with E-state index in [1.165, 1.54) is 25.8 Å². The summed E-state index contributed by atoms with van der Waals surface area (Å²) in [6.07, 6.45) is 4.91. The van der Waals surface area contributed by atoms with Crippen molar-refractivity contribution >= 4 is 5.91 Å². The predicted molar refractivity (Wildman–Crippen MR) is 71.4 cm³/mol. The minimum absolute atomic E-state index is 0.0694. The number of nitrogens with one attached hydrogen (secondary N) is 1. The van der Waals surface area contributed by atoms with Gasteiger partial charge in [-0.3, -0.25) is 9.69 Å². The molecule has 2 aliphatic heterocycles. The zero-order valence-electron chi connectivity index (χ0n) is 11.6. The molecule has 2 heterocycles. The van der Waals surface area contributed by atoms with Crippen molar-refractivity contribution in [1.82, 2.24) is 15.1 Å². The first kappa shape index (κ1) is 12.4. The lowest BCUT2D eigenvalue weighted by molar-refractivity contribution is -0.131. The summed E-state index contributed by atoms with van der Waals surface area (Å²) in [6.45, 7) is 7.49. The standard InChI is InChI=1S/C14H25N3O/c1-10(2)15-13-6-8-17(14(13)18)12-5-7-16(9-12)11-3-4-11/h10-13,15H,3-9H2,1-2H3. The van der Waals surface area contributed by atoms with Crippen molar-refractivity contribution in [3.8, 4) is 0 Å². The van der Waals surface area contributed by atoms with E-state index in [0.717, 1.165) is 25.6 Å². The van der Waals surface area contributed by atoms with E-state index in [9.17, 15) is 4.79 Å². The number of hydrogen-bond donors (Lipinski definition) is 1. The average Bonchev–Trinajstić information content (AvgIpc) is 2.96. The van der Waals surface area contributed by atoms with Gasteiger partial charge in [-0.1, -0.05) is 13.8 Å². The number of likely N-dealkylation sites (tertiary alicyclic amines) is 2. The van der Waals surface area contributed by atoms with Gasteiger partial charge in [0.25, 0.3) is 0 Å². The minimum atomic E-state index is 0.0694. The van der Waals surface area contributed by atoms with Crippen LogP contribution >= 0.6 is 0 Å². The number of amides is 1. The lowest BCUT2D eigenvalue weighted by Gasteiger charge is -2.25. The number of carbonyl (C=O) groups excluding carboxylic acids is 1. The van der Waals surface area contributed by atoms with Crippen molar-refractivity contribution in [3.05, 3.63) is 0 Å². The molecule has 2 unspecified atom stereocenters. The molecule has 0 spiro atoms. The van der Waals surface area contributed by atoms with E-state index in [4.69, 9.17) is 0 Å². The highest BCUT2D eigenvalue weighted by molar-refractivity contribution is 5.84. The molecule has 102 valence electrons. The third-order valence-corrected chi connectivity index (χ3v) is 4.47. The Morgan fingerprint density at radius 2 is 1.89 bits per heavy atom. The molecule has 1 amide bonds. The van der Waals surface area contributed by atoms with Crippen LogP contribution in [-0.2, 0) is 4.79 Å². The molecule has 2 atom stereocenters. The summed E-state index contributed by atoms with van der Waals surface area (Å²) in [6, 6.07) is 1.79. The third-order valence-electron chi connectivity index (χ3n) is 4.47. The van der Waals surface area contributed by atoms with Crippen LogP contribution < -0.4 is 5.32 Å². The lowest BCUT2D eigenvalue weighted by atomic mass is 10.2. The highest BCUT2D eigenvalue weighted by Crippen LogP contribution is 2.32. The predicted octanol–water partition coefficient (Wildman–Crippen LogP) is 0.822. The van der Waals surface area contributed by atoms with Crippen molar-refractivity contribution in [2.24, 2.45) is 0 Å². The topological polar surface area (TPSA) is 35.6 Å². The molecular weight excluding hydrogens is 226 g/mol. The van der Waals surface area contributed by atoms with E-state index in [0.29, 0.717) is 18.0 Å². The Balaban J connectivity index is 1.55. The summed E-state index contributed by atoms with van der Waals surface area (Å²) in [5, 5.41) is 3.39. The van der Waals surface area contributed by atoms with E-state index >= 15 is 0 Å². The van der Waals surface area contributed by atoms with Gasteiger partial charge in [0.1, 0.15) is 0 Å². The molecule has 3 fully saturated rings. The zero-order valence-corrected chi connectivity index (χ0v) is 11.6. The fraction of sp³-hybridized carbons (Fsp3) is 0.929. The van der Waals surface area contributed by atoms with Crippen LogP contribution in [0.3, 0.4) is 0 Å². The second-order valence-corrected chi connectivity index (χ2v) is 6.36. The quantitative estimate of drug-likeness (QED) is 0.803. The smallest absolute Gasteiger partial charge is 0.240 e. The molecular formula is C14H25N3O. The van der Waals surface area contributed by atoms with Crippen molar-refractivity contribution in [1.29, 1.82) is 0 Å². The number of rotatable bonds is 4. The fourth-order valence-electron chi connectivity index (χ4n) is 3.42. The van der Waals surface area contributed by atoms with Gasteiger partial charge < -0.3 is 10.2 Å². The first-order chi connectivity index (χ1) is 8.65. The summed E-state index contributed by atoms with van der Waals surface area (Å²) in [5.74, 6) is 0.339. The fourth-order valence-corrected chi connectivity index (χ4v) is 3.42. The van der Waals surface area contributed by atoms with Gasteiger partial charge in [0, 0.05) is 37.8 Å². The molecule has 4 nitrogen and oxygen atoms in total. The van der Waals surface area contributed by atoms with Gasteiger partial charge in [0.15, 0.2) is 0 Å². The van der Waals surface area contributed by atoms with Gasteiger partial charge in [-0.25, -0.2) is 0 Å². The van der Waals surface area contributed by atoms with Crippen LogP contribution in [0.4, 0.5) is 0 Å². The van der Waals surface area contributed by atoms with Crippen molar-refractivity contribution in [2.75, 3.05) is 19.6 Å². The minimum Gasteiger partial charge on any atom is -0.337 e. The van der Waals surface area contributed by atoms with Gasteiger partial charge in [-0.2, -0.15) is 0 Å². The van der Waals surface area contributed by atoms with Gasteiger partial charge >= 0.3 is 0 Å². The summed E-state index contributed by atoms with van der Waals surface area (Å²) < 4.78 is 0. The van der Waals surface area contributed by atoms with Gasteiger partial charge in [-0.05, 0) is 25.7 Å². The highest BCUT2D eigenvalue weighted by Gasteiger charge is 2.41. The van der Waals surface area contributed by atoms with Gasteiger partial charge in [-0.15, -0.1) is 0 Å². The van der Waals surface area contributed by atoms with Gasteiger partial charge in [0.05, 0.1) is 6.04 Å². The van der Waals surface area contributed by atoms with Crippen LogP contribution in [0.1, 0.15) is 39.5 Å². The molecule has 1 aliphatic carbocycles. The Kier molecular flexibility index (Phi) is 3.32. The third kappa shape index (κ3) is 2.41. The molecule has 18 heavy (non-hydrogen) atoms. The van der Waals surface area contributed by atoms with Crippen LogP contribution in [0.15, 0.2) is 0 Å². The van der Waals surface area contributed by atoms with Gasteiger partial charge in [0.2, 0.25) is 5.91 Å². The maximum Gasteiger partial charge on any atom is 0.240 e. The van der Waals surface area contributed by atoms with E-state index in [1.54, 1.807) is 0 Å². The molecule has 1 saturated carbocycles. The van der Waals surface area contributed by atoms with Crippen LogP contribution in [0.5, 0.6) is 0 Å². The molecule has 3 rings (SSSR count). The molecule has 0 aromatic rings. The van der Waals surface area contributed by atoms with Crippen molar-refractivity contribution < 1.29 is 4.79 Å². The lowest BCUT2D eigenvalue weighted by Crippen LogP contribution is -2.45. The second kappa shape index (κ2) is 4.82. The Morgan fingerprint density at radius 3 is 2.56 bits per heavy atom. The number of nitrogens with zero attached hydrogens (tertiary/aromatic N) is 2. The molecule has 0 radical (unpaired) electrons. The number of carbonyl (C=O) groups is 1. The van der Waals surface area contributed by atoms with Crippen molar-refractivity contribution in [2.45, 2.75) is 63.7 Å². The maximum atomic E-state index is 12.4. The van der Waals surface area contributed by atoms with E-state index in [2.05, 4.69) is 29.0 Å². The van der Waals surface area contributed by atoms with E-state index in [-0.39, 0.29) is 6.04 Å². The largest absolute Gasteiger partial charge is 0.337 e. The van der Waals surface area contributed by atoms with Crippen molar-refractivity contribution in [3.63, 3.8) is 0 Å². The Labute approximate surface area is 110 Å². The van der Waals surface area contributed by atoms with E-state index < -0.39 is 0 Å². The number of hydrogen-bond acceptors (Lipinski definition) is 3. The molecule has 2 saturated heterocycles.